The molecule has 2 heterocycles. The van der Waals surface area contributed by atoms with Gasteiger partial charge in [-0.2, -0.15) is 8.75 Å². The number of aryl methyl sites for hydroxylation is 1. The van der Waals surface area contributed by atoms with Gasteiger partial charge in [-0.1, -0.05) is 0 Å². The Bertz CT molecular complexity index is 781. The van der Waals surface area contributed by atoms with Gasteiger partial charge in [-0.25, -0.2) is 0 Å². The second kappa shape index (κ2) is 5.88. The summed E-state index contributed by atoms with van der Waals surface area (Å²) < 4.78 is 8.21. The van der Waals surface area contributed by atoms with Crippen LogP contribution in [0, 0.1) is 6.92 Å². The summed E-state index contributed by atoms with van der Waals surface area (Å²) in [7, 11) is 0. The van der Waals surface area contributed by atoms with Crippen LogP contribution < -0.4 is 5.32 Å². The number of carbonyl (C=O) groups is 1. The maximum atomic E-state index is 12.1. The van der Waals surface area contributed by atoms with Gasteiger partial charge in [-0.15, -0.1) is 11.3 Å². The number of aliphatic hydroxyl groups excluding tert-OH is 1. The monoisotopic (exact) mass is 319 g/mol. The first-order chi connectivity index (χ1) is 10.1. The number of hydrogen-bond donors (Lipinski definition) is 2. The van der Waals surface area contributed by atoms with Gasteiger partial charge in [0.15, 0.2) is 0 Å². The lowest BCUT2D eigenvalue weighted by Gasteiger charge is -2.11. The van der Waals surface area contributed by atoms with E-state index in [0.29, 0.717) is 11.1 Å². The van der Waals surface area contributed by atoms with Gasteiger partial charge in [0.05, 0.1) is 11.7 Å². The lowest BCUT2D eigenvalue weighted by atomic mass is 10.1. The van der Waals surface area contributed by atoms with Crippen molar-refractivity contribution in [3.05, 3.63) is 45.6 Å². The van der Waals surface area contributed by atoms with Crippen molar-refractivity contribution in [3.8, 4) is 0 Å². The fraction of sp³-hybridized carbons (Fsp3) is 0.214. The van der Waals surface area contributed by atoms with Crippen molar-refractivity contribution in [2.24, 2.45) is 0 Å². The average molecular weight is 319 g/mol. The lowest BCUT2D eigenvalue weighted by Crippen LogP contribution is -2.28. The molecule has 0 fully saturated rings. The SMILES string of the molecule is Cc1ccsc1[C@@H](O)CNC(=O)c1ccc2nsnc2c1. The Kier molecular flexibility index (Phi) is 3.96. The van der Waals surface area contributed by atoms with Crippen molar-refractivity contribution in [1.29, 1.82) is 0 Å². The van der Waals surface area contributed by atoms with Crippen LogP contribution in [-0.2, 0) is 0 Å². The molecule has 0 aliphatic heterocycles. The topological polar surface area (TPSA) is 75.1 Å². The number of fused-ring (bicyclic) bond motifs is 1. The third-order valence-corrected chi connectivity index (χ3v) is 4.85. The number of aromatic nitrogens is 2. The maximum absolute atomic E-state index is 12.1. The highest BCUT2D eigenvalue weighted by Gasteiger charge is 2.14. The zero-order chi connectivity index (χ0) is 14.8. The number of nitrogens with zero attached hydrogens (tertiary/aromatic N) is 2. The Morgan fingerprint density at radius 3 is 2.90 bits per heavy atom. The highest BCUT2D eigenvalue weighted by atomic mass is 32.1. The number of nitrogens with one attached hydrogen (secondary N) is 1. The molecule has 2 aromatic heterocycles. The minimum atomic E-state index is -0.682. The summed E-state index contributed by atoms with van der Waals surface area (Å²) in [6.07, 6.45) is -0.682. The molecule has 1 atom stereocenters. The van der Waals surface area contributed by atoms with E-state index in [0.717, 1.165) is 27.7 Å². The molecule has 21 heavy (non-hydrogen) atoms. The van der Waals surface area contributed by atoms with Crippen LogP contribution in [0.5, 0.6) is 0 Å². The van der Waals surface area contributed by atoms with Gasteiger partial charge in [0.25, 0.3) is 5.91 Å². The number of hydrogen-bond acceptors (Lipinski definition) is 6. The molecule has 3 rings (SSSR count). The van der Waals surface area contributed by atoms with E-state index in [-0.39, 0.29) is 12.5 Å². The Hall–Kier alpha value is -1.83. The Morgan fingerprint density at radius 2 is 2.14 bits per heavy atom. The Labute approximate surface area is 129 Å². The standard InChI is InChI=1S/C14H13N3O2S2/c1-8-4-5-20-13(8)12(18)7-15-14(19)9-2-3-10-11(6-9)17-21-16-10/h2-6,12,18H,7H2,1H3,(H,15,19)/t12-/m0/s1. The molecule has 0 spiro atoms. The highest BCUT2D eigenvalue weighted by molar-refractivity contribution is 7.10. The minimum absolute atomic E-state index is 0.188. The second-order valence-corrected chi connectivity index (χ2v) is 6.14. The summed E-state index contributed by atoms with van der Waals surface area (Å²) >= 11 is 2.61. The van der Waals surface area contributed by atoms with Crippen molar-refractivity contribution < 1.29 is 9.90 Å². The number of rotatable bonds is 4. The van der Waals surface area contributed by atoms with E-state index in [1.165, 1.54) is 11.3 Å². The molecule has 7 heteroatoms. The number of carbonyl (C=O) groups excluding carboxylic acids is 1. The average Bonchev–Trinajstić information content (AvgIpc) is 3.11. The molecule has 0 bridgehead atoms. The second-order valence-electron chi connectivity index (χ2n) is 4.66. The van der Waals surface area contributed by atoms with Crippen molar-refractivity contribution in [2.45, 2.75) is 13.0 Å². The molecular weight excluding hydrogens is 306 g/mol. The van der Waals surface area contributed by atoms with Gasteiger partial charge in [0.1, 0.15) is 17.1 Å². The van der Waals surface area contributed by atoms with E-state index in [9.17, 15) is 9.90 Å². The molecule has 0 radical (unpaired) electrons. The van der Waals surface area contributed by atoms with Crippen molar-refractivity contribution in [1.82, 2.24) is 14.1 Å². The van der Waals surface area contributed by atoms with Crippen LogP contribution in [0.1, 0.15) is 26.9 Å². The Balaban J connectivity index is 1.67. The molecular formula is C14H13N3O2S2. The fourth-order valence-corrected chi connectivity index (χ4v) is 3.46. The van der Waals surface area contributed by atoms with Crippen LogP contribution in [-0.4, -0.2) is 26.3 Å². The molecule has 0 aliphatic carbocycles. The van der Waals surface area contributed by atoms with Crippen LogP contribution in [0.3, 0.4) is 0 Å². The normalized spacial score (nSPS) is 12.5. The maximum Gasteiger partial charge on any atom is 0.251 e. The van der Waals surface area contributed by atoms with Gasteiger partial charge in [0.2, 0.25) is 0 Å². The third kappa shape index (κ3) is 2.94. The summed E-state index contributed by atoms with van der Waals surface area (Å²) in [6, 6.07) is 7.14. The van der Waals surface area contributed by atoms with E-state index in [2.05, 4.69) is 14.1 Å². The summed E-state index contributed by atoms with van der Waals surface area (Å²) in [5.41, 5.74) is 3.05. The number of benzene rings is 1. The van der Waals surface area contributed by atoms with Crippen LogP contribution in [0.15, 0.2) is 29.6 Å². The van der Waals surface area contributed by atoms with Gasteiger partial charge in [0, 0.05) is 17.0 Å². The molecule has 1 aromatic carbocycles. The largest absolute Gasteiger partial charge is 0.386 e. The van der Waals surface area contributed by atoms with E-state index >= 15 is 0 Å². The van der Waals surface area contributed by atoms with Crippen LogP contribution in [0.4, 0.5) is 0 Å². The zero-order valence-electron chi connectivity index (χ0n) is 11.2. The first-order valence-corrected chi connectivity index (χ1v) is 7.98. The van der Waals surface area contributed by atoms with Gasteiger partial charge in [-0.3, -0.25) is 4.79 Å². The van der Waals surface area contributed by atoms with Crippen molar-refractivity contribution in [3.63, 3.8) is 0 Å². The predicted molar refractivity (Wildman–Crippen MR) is 83.8 cm³/mol. The lowest BCUT2D eigenvalue weighted by molar-refractivity contribution is 0.0918. The summed E-state index contributed by atoms with van der Waals surface area (Å²) in [5, 5.41) is 14.8. The van der Waals surface area contributed by atoms with Crippen LogP contribution in [0.25, 0.3) is 11.0 Å². The molecule has 1 amide bonds. The Morgan fingerprint density at radius 1 is 1.33 bits per heavy atom. The quantitative estimate of drug-likeness (QED) is 0.775. The molecule has 0 saturated heterocycles. The number of aliphatic hydroxyl groups is 1. The highest BCUT2D eigenvalue weighted by Crippen LogP contribution is 2.23. The molecule has 0 aliphatic rings. The van der Waals surface area contributed by atoms with Gasteiger partial charge >= 0.3 is 0 Å². The van der Waals surface area contributed by atoms with Gasteiger partial charge in [-0.05, 0) is 42.1 Å². The molecule has 108 valence electrons. The van der Waals surface area contributed by atoms with Crippen LogP contribution in [0.2, 0.25) is 0 Å². The fourth-order valence-electron chi connectivity index (χ4n) is 2.03. The molecule has 0 unspecified atom stereocenters. The minimum Gasteiger partial charge on any atom is -0.386 e. The van der Waals surface area contributed by atoms with Crippen molar-refractivity contribution in [2.75, 3.05) is 6.54 Å². The third-order valence-electron chi connectivity index (χ3n) is 3.18. The van der Waals surface area contributed by atoms with Gasteiger partial charge < -0.3 is 10.4 Å². The summed E-state index contributed by atoms with van der Waals surface area (Å²) in [6.45, 7) is 2.13. The smallest absolute Gasteiger partial charge is 0.251 e. The zero-order valence-corrected chi connectivity index (χ0v) is 12.9. The molecule has 3 aromatic rings. The van der Waals surface area contributed by atoms with E-state index < -0.39 is 6.10 Å². The first-order valence-electron chi connectivity index (χ1n) is 6.38. The van der Waals surface area contributed by atoms with Crippen molar-refractivity contribution >= 4 is 40.0 Å². The molecule has 0 saturated carbocycles. The van der Waals surface area contributed by atoms with Crippen LogP contribution >= 0.6 is 23.1 Å². The summed E-state index contributed by atoms with van der Waals surface area (Å²) in [5.74, 6) is -0.224. The number of thiophene rings is 1. The van der Waals surface area contributed by atoms with E-state index in [1.54, 1.807) is 18.2 Å². The molecule has 2 N–H and O–H groups in total. The summed E-state index contributed by atoms with van der Waals surface area (Å²) in [4.78, 5) is 13.0. The number of amides is 1. The van der Waals surface area contributed by atoms with E-state index in [4.69, 9.17) is 0 Å². The predicted octanol–water partition coefficient (Wildman–Crippen LogP) is 2.52. The molecule has 5 nitrogen and oxygen atoms in total. The first kappa shape index (κ1) is 14.1. The van der Waals surface area contributed by atoms with E-state index in [1.807, 2.05) is 18.4 Å².